The third-order valence-corrected chi connectivity index (χ3v) is 6.35. The molecule has 0 atom stereocenters. The van der Waals surface area contributed by atoms with Gasteiger partial charge in [-0.2, -0.15) is 0 Å². The van der Waals surface area contributed by atoms with E-state index in [2.05, 4.69) is 17.6 Å². The first-order valence-electron chi connectivity index (χ1n) is 14.0. The molecule has 3 rings (SSSR count). The molecule has 0 saturated carbocycles. The predicted molar refractivity (Wildman–Crippen MR) is 166 cm³/mol. The molecule has 13 nitrogen and oxygen atoms in total. The summed E-state index contributed by atoms with van der Waals surface area (Å²) < 4.78 is 5.36. The van der Waals surface area contributed by atoms with E-state index in [9.17, 15) is 34.6 Å². The highest BCUT2D eigenvalue weighted by Crippen LogP contribution is 2.39. The van der Waals surface area contributed by atoms with Crippen LogP contribution in [0.3, 0.4) is 0 Å². The lowest BCUT2D eigenvalue weighted by Gasteiger charge is -2.24. The number of rotatable bonds is 11. The second kappa shape index (κ2) is 14.2. The van der Waals surface area contributed by atoms with E-state index >= 15 is 0 Å². The molecule has 0 fully saturated rings. The number of carbonyl (C=O) groups is 3. The Kier molecular flexibility index (Phi) is 10.7. The summed E-state index contributed by atoms with van der Waals surface area (Å²) in [5.41, 5.74) is -0.513. The van der Waals surface area contributed by atoms with Crippen molar-refractivity contribution in [3.8, 4) is 0 Å². The minimum atomic E-state index is -0.852. The number of aryl methyl sites for hydroxylation is 1. The van der Waals surface area contributed by atoms with E-state index in [1.807, 2.05) is 12.1 Å². The molecule has 0 aliphatic heterocycles. The van der Waals surface area contributed by atoms with Gasteiger partial charge in [0.05, 0.1) is 33.0 Å². The number of hydrogen-bond acceptors (Lipinski definition) is 8. The Morgan fingerprint density at radius 3 is 2.11 bits per heavy atom. The van der Waals surface area contributed by atoms with Crippen molar-refractivity contribution in [2.75, 3.05) is 15.5 Å². The molecular formula is C31H35N5O8. The molecule has 44 heavy (non-hydrogen) atoms. The zero-order chi connectivity index (χ0) is 32.6. The van der Waals surface area contributed by atoms with Crippen molar-refractivity contribution < 1.29 is 29.0 Å². The van der Waals surface area contributed by atoms with Crippen molar-refractivity contribution in [3.05, 3.63) is 92.0 Å². The summed E-state index contributed by atoms with van der Waals surface area (Å²) in [6, 6.07) is 14.3. The molecule has 2 N–H and O–H groups in total. The summed E-state index contributed by atoms with van der Waals surface area (Å²) in [4.78, 5) is 61.1. The van der Waals surface area contributed by atoms with Gasteiger partial charge in [0.1, 0.15) is 11.3 Å². The number of nitrogens with zero attached hydrogens (tertiary/aromatic N) is 3. The van der Waals surface area contributed by atoms with Crippen LogP contribution < -0.4 is 15.5 Å². The Labute approximate surface area is 254 Å². The highest BCUT2D eigenvalue weighted by Gasteiger charge is 2.28. The Hall–Kier alpha value is -5.33. The lowest BCUT2D eigenvalue weighted by atomic mass is 10.0. The van der Waals surface area contributed by atoms with E-state index in [1.165, 1.54) is 18.2 Å². The van der Waals surface area contributed by atoms with Gasteiger partial charge in [0.15, 0.2) is 0 Å². The molecule has 0 radical (unpaired) electrons. The van der Waals surface area contributed by atoms with Gasteiger partial charge in [-0.15, -0.1) is 0 Å². The lowest BCUT2D eigenvalue weighted by Crippen LogP contribution is -2.28. The van der Waals surface area contributed by atoms with Gasteiger partial charge in [-0.25, -0.2) is 4.79 Å². The Balaban J connectivity index is 2.03. The maximum Gasteiger partial charge on any atom is 0.412 e. The van der Waals surface area contributed by atoms with Gasteiger partial charge in [-0.1, -0.05) is 31.9 Å². The van der Waals surface area contributed by atoms with E-state index in [0.717, 1.165) is 61.3 Å². The van der Waals surface area contributed by atoms with Gasteiger partial charge >= 0.3 is 6.09 Å². The van der Waals surface area contributed by atoms with Crippen LogP contribution in [0.15, 0.2) is 60.7 Å². The molecular weight excluding hydrogens is 570 g/mol. The summed E-state index contributed by atoms with van der Waals surface area (Å²) in [5.74, 6) is -1.11. The Morgan fingerprint density at radius 2 is 1.55 bits per heavy atom. The van der Waals surface area contributed by atoms with Crippen molar-refractivity contribution in [1.82, 2.24) is 0 Å². The largest absolute Gasteiger partial charge is 0.444 e. The average Bonchev–Trinajstić information content (AvgIpc) is 2.93. The fraction of sp³-hybridized carbons (Fsp3) is 0.323. The molecule has 232 valence electrons. The molecule has 0 unspecified atom stereocenters. The number of non-ortho nitro benzene ring substituents is 1. The molecule has 0 saturated heterocycles. The fourth-order valence-electron chi connectivity index (χ4n) is 4.34. The number of carbonyl (C=O) groups excluding carboxylic acids is 3. The topological polar surface area (TPSA) is 174 Å². The van der Waals surface area contributed by atoms with Gasteiger partial charge in [-0.05, 0) is 75.6 Å². The van der Waals surface area contributed by atoms with Crippen molar-refractivity contribution in [2.24, 2.45) is 0 Å². The number of ether oxygens (including phenoxy) is 1. The van der Waals surface area contributed by atoms with Crippen LogP contribution in [0.1, 0.15) is 69.8 Å². The quantitative estimate of drug-likeness (QED) is 0.128. The highest BCUT2D eigenvalue weighted by molar-refractivity contribution is 6.08. The van der Waals surface area contributed by atoms with Gasteiger partial charge < -0.3 is 10.1 Å². The normalized spacial score (nSPS) is 10.9. The summed E-state index contributed by atoms with van der Waals surface area (Å²) in [7, 11) is 0. The number of anilines is 4. The van der Waals surface area contributed by atoms with E-state index in [-0.39, 0.29) is 22.7 Å². The minimum absolute atomic E-state index is 0.0390. The first-order chi connectivity index (χ1) is 20.7. The SMILES string of the molecule is CCCCCc1ccc(C(=O)Nc2ccc(N(C(C)=O)c3ccc([N+](=O)[O-])cc3[N+](=O)[O-])cc2NC(=O)OC(C)(C)C)cc1. The van der Waals surface area contributed by atoms with E-state index in [1.54, 1.807) is 32.9 Å². The van der Waals surface area contributed by atoms with Crippen LogP contribution in [0.2, 0.25) is 0 Å². The number of nitro benzene ring substituents is 2. The number of amides is 3. The number of hydrogen-bond donors (Lipinski definition) is 2. The van der Waals surface area contributed by atoms with Crippen LogP contribution in [-0.4, -0.2) is 33.4 Å². The minimum Gasteiger partial charge on any atom is -0.444 e. The molecule has 3 aromatic rings. The second-order valence-electron chi connectivity index (χ2n) is 11.0. The number of nitrogens with one attached hydrogen (secondary N) is 2. The molecule has 3 amide bonds. The second-order valence-corrected chi connectivity index (χ2v) is 11.0. The van der Waals surface area contributed by atoms with Gasteiger partial charge in [0.2, 0.25) is 5.91 Å². The molecule has 0 bridgehead atoms. The number of benzene rings is 3. The number of unbranched alkanes of at least 4 members (excludes halogenated alkanes) is 2. The smallest absolute Gasteiger partial charge is 0.412 e. The first-order valence-corrected chi connectivity index (χ1v) is 14.0. The van der Waals surface area contributed by atoms with Crippen molar-refractivity contribution in [2.45, 2.75) is 65.9 Å². The highest BCUT2D eigenvalue weighted by atomic mass is 16.6. The van der Waals surface area contributed by atoms with Crippen LogP contribution in [-0.2, 0) is 16.0 Å². The summed E-state index contributed by atoms with van der Waals surface area (Å²) in [6.07, 6.45) is 3.32. The predicted octanol–water partition coefficient (Wildman–Crippen LogP) is 7.52. The van der Waals surface area contributed by atoms with E-state index in [4.69, 9.17) is 4.74 Å². The van der Waals surface area contributed by atoms with Gasteiger partial charge in [0.25, 0.3) is 17.3 Å². The molecule has 0 aromatic heterocycles. The maximum atomic E-state index is 13.2. The average molecular weight is 606 g/mol. The number of nitro groups is 2. The molecule has 0 spiro atoms. The molecule has 0 aliphatic rings. The van der Waals surface area contributed by atoms with Crippen LogP contribution >= 0.6 is 0 Å². The monoisotopic (exact) mass is 605 g/mol. The Morgan fingerprint density at radius 1 is 0.864 bits per heavy atom. The van der Waals surface area contributed by atoms with Crippen LogP contribution in [0.5, 0.6) is 0 Å². The fourth-order valence-corrected chi connectivity index (χ4v) is 4.34. The van der Waals surface area contributed by atoms with Crippen LogP contribution in [0, 0.1) is 20.2 Å². The van der Waals surface area contributed by atoms with E-state index in [0.29, 0.717) is 5.56 Å². The first kappa shape index (κ1) is 33.2. The van der Waals surface area contributed by atoms with Gasteiger partial charge in [-0.3, -0.25) is 40.0 Å². The lowest BCUT2D eigenvalue weighted by molar-refractivity contribution is -0.393. The third-order valence-electron chi connectivity index (χ3n) is 6.35. The Bertz CT molecular complexity index is 1560. The van der Waals surface area contributed by atoms with Crippen LogP contribution in [0.4, 0.5) is 38.9 Å². The van der Waals surface area contributed by atoms with Crippen LogP contribution in [0.25, 0.3) is 0 Å². The summed E-state index contributed by atoms with van der Waals surface area (Å²) >= 11 is 0. The van der Waals surface area contributed by atoms with E-state index < -0.39 is 44.7 Å². The zero-order valence-electron chi connectivity index (χ0n) is 25.2. The standard InChI is InChI=1S/C31H35N5O8/c1-6-7-8-9-21-10-12-22(13-11-21)29(38)32-25-16-14-23(18-26(25)33-30(39)44-31(3,4)5)34(20(2)37)27-17-15-24(35(40)41)19-28(27)36(42)43/h10-19H,6-9H2,1-5H3,(H,32,38)(H,33,39). The zero-order valence-corrected chi connectivity index (χ0v) is 25.2. The molecule has 0 heterocycles. The molecule has 13 heteroatoms. The van der Waals surface area contributed by atoms with Crippen molar-refractivity contribution >= 4 is 52.0 Å². The van der Waals surface area contributed by atoms with Gasteiger partial charge in [0, 0.05) is 18.6 Å². The third kappa shape index (κ3) is 8.84. The molecule has 0 aliphatic carbocycles. The van der Waals surface area contributed by atoms with Crippen molar-refractivity contribution in [1.29, 1.82) is 0 Å². The summed E-state index contributed by atoms with van der Waals surface area (Å²) in [5, 5.41) is 28.4. The molecule has 3 aromatic carbocycles. The summed E-state index contributed by atoms with van der Waals surface area (Å²) in [6.45, 7) is 8.30. The van der Waals surface area contributed by atoms with Crippen molar-refractivity contribution in [3.63, 3.8) is 0 Å². The maximum absolute atomic E-state index is 13.2.